The van der Waals surface area contributed by atoms with E-state index in [1.165, 1.54) is 24.8 Å². The van der Waals surface area contributed by atoms with E-state index in [0.29, 0.717) is 11.7 Å². The number of hydrogen-bond acceptors (Lipinski definition) is 2. The molecule has 1 aromatic carbocycles. The zero-order valence-corrected chi connectivity index (χ0v) is 13.3. The van der Waals surface area contributed by atoms with Crippen LogP contribution in [0.4, 0.5) is 0 Å². The average molecular weight is 288 g/mol. The van der Waals surface area contributed by atoms with E-state index in [1.807, 2.05) is 12.1 Å². The van der Waals surface area contributed by atoms with E-state index in [9.17, 15) is 4.79 Å². The molecule has 0 aromatic heterocycles. The molecule has 2 saturated heterocycles. The number of carbonyl (C=O) groups excluding carboxylic acids is 1. The molecule has 0 radical (unpaired) electrons. The summed E-state index contributed by atoms with van der Waals surface area (Å²) < 4.78 is 0. The Labute approximate surface area is 126 Å². The van der Waals surface area contributed by atoms with Gasteiger partial charge in [0.25, 0.3) is 0 Å². The highest BCUT2D eigenvalue weighted by molar-refractivity contribution is 8.00. The maximum atomic E-state index is 12.7. The molecule has 0 spiro atoms. The van der Waals surface area contributed by atoms with Gasteiger partial charge >= 0.3 is 0 Å². The van der Waals surface area contributed by atoms with Gasteiger partial charge in [-0.1, -0.05) is 44.5 Å². The summed E-state index contributed by atoms with van der Waals surface area (Å²) in [6, 6.07) is 8.32. The first-order valence-electron chi connectivity index (χ1n) is 7.93. The first-order valence-corrected chi connectivity index (χ1v) is 8.87. The molecule has 2 heteroatoms. The van der Waals surface area contributed by atoms with Gasteiger partial charge in [-0.25, -0.2) is 0 Å². The Morgan fingerprint density at radius 1 is 1.10 bits per heavy atom. The van der Waals surface area contributed by atoms with Crippen molar-refractivity contribution in [3.63, 3.8) is 0 Å². The molecule has 1 aromatic rings. The van der Waals surface area contributed by atoms with Crippen molar-refractivity contribution in [2.45, 2.75) is 62.4 Å². The smallest absolute Gasteiger partial charge is 0.166 e. The first-order chi connectivity index (χ1) is 9.63. The third-order valence-electron chi connectivity index (χ3n) is 4.76. The van der Waals surface area contributed by atoms with Crippen LogP contribution in [0.1, 0.15) is 67.8 Å². The van der Waals surface area contributed by atoms with Gasteiger partial charge in [0, 0.05) is 22.0 Å². The summed E-state index contributed by atoms with van der Waals surface area (Å²) in [5.74, 6) is 1.19. The summed E-state index contributed by atoms with van der Waals surface area (Å²) in [5.41, 5.74) is 2.24. The number of carbonyl (C=O) groups is 1. The highest BCUT2D eigenvalue weighted by Gasteiger charge is 2.35. The molecule has 0 saturated carbocycles. The molecule has 2 aliphatic heterocycles. The van der Waals surface area contributed by atoms with E-state index in [-0.39, 0.29) is 5.92 Å². The maximum Gasteiger partial charge on any atom is 0.166 e. The van der Waals surface area contributed by atoms with E-state index in [0.717, 1.165) is 28.9 Å². The number of rotatable bonds is 3. The van der Waals surface area contributed by atoms with Crippen molar-refractivity contribution in [3.05, 3.63) is 35.4 Å². The summed E-state index contributed by atoms with van der Waals surface area (Å²) in [6.07, 6.45) is 6.21. The van der Waals surface area contributed by atoms with E-state index in [4.69, 9.17) is 0 Å². The number of thioether (sulfide) groups is 1. The van der Waals surface area contributed by atoms with Crippen LogP contribution in [-0.4, -0.2) is 16.3 Å². The van der Waals surface area contributed by atoms with Crippen molar-refractivity contribution in [3.8, 4) is 0 Å². The van der Waals surface area contributed by atoms with Gasteiger partial charge in [0.15, 0.2) is 5.78 Å². The second-order valence-electron chi connectivity index (χ2n) is 6.62. The molecule has 2 unspecified atom stereocenters. The summed E-state index contributed by atoms with van der Waals surface area (Å²) in [4.78, 5) is 12.7. The number of fused-ring (bicyclic) bond motifs is 2. The van der Waals surface area contributed by atoms with Gasteiger partial charge in [0.2, 0.25) is 0 Å². The van der Waals surface area contributed by atoms with Crippen LogP contribution in [0.2, 0.25) is 0 Å². The highest BCUT2D eigenvalue weighted by atomic mass is 32.2. The monoisotopic (exact) mass is 288 g/mol. The topological polar surface area (TPSA) is 17.1 Å². The SMILES string of the molecule is CC(C)c1ccc(C(=O)C2CC3CCCC(C2)S3)cc1. The van der Waals surface area contributed by atoms with E-state index in [2.05, 4.69) is 37.7 Å². The molecule has 0 amide bonds. The van der Waals surface area contributed by atoms with Crippen LogP contribution < -0.4 is 0 Å². The van der Waals surface area contributed by atoms with Crippen molar-refractivity contribution in [1.82, 2.24) is 0 Å². The molecular formula is C18H24OS. The Hall–Kier alpha value is -0.760. The van der Waals surface area contributed by atoms with Crippen LogP contribution >= 0.6 is 11.8 Å². The maximum absolute atomic E-state index is 12.7. The third kappa shape index (κ3) is 2.95. The molecule has 2 fully saturated rings. The molecule has 0 aliphatic carbocycles. The average Bonchev–Trinajstić information content (AvgIpc) is 2.46. The Balaban J connectivity index is 1.72. The Bertz CT molecular complexity index is 465. The zero-order valence-electron chi connectivity index (χ0n) is 12.5. The normalized spacial score (nSPS) is 29.4. The number of benzene rings is 1. The Morgan fingerprint density at radius 3 is 2.25 bits per heavy atom. The van der Waals surface area contributed by atoms with Crippen molar-refractivity contribution in [2.75, 3.05) is 0 Å². The van der Waals surface area contributed by atoms with Crippen LogP contribution in [0, 0.1) is 5.92 Å². The second kappa shape index (κ2) is 5.93. The zero-order chi connectivity index (χ0) is 14.1. The lowest BCUT2D eigenvalue weighted by Crippen LogP contribution is -2.32. The molecule has 2 heterocycles. The van der Waals surface area contributed by atoms with Crippen molar-refractivity contribution in [1.29, 1.82) is 0 Å². The lowest BCUT2D eigenvalue weighted by Gasteiger charge is -2.38. The van der Waals surface area contributed by atoms with Gasteiger partial charge in [-0.05, 0) is 37.2 Å². The minimum Gasteiger partial charge on any atom is -0.294 e. The predicted molar refractivity (Wildman–Crippen MR) is 86.6 cm³/mol. The largest absolute Gasteiger partial charge is 0.294 e. The fraction of sp³-hybridized carbons (Fsp3) is 0.611. The molecule has 1 nitrogen and oxygen atoms in total. The van der Waals surface area contributed by atoms with Crippen LogP contribution in [0.5, 0.6) is 0 Å². The number of ketones is 1. The fourth-order valence-electron chi connectivity index (χ4n) is 3.54. The third-order valence-corrected chi connectivity index (χ3v) is 6.39. The first kappa shape index (κ1) is 14.2. The van der Waals surface area contributed by atoms with Gasteiger partial charge in [-0.3, -0.25) is 4.79 Å². The molecule has 2 atom stereocenters. The molecule has 2 bridgehead atoms. The summed E-state index contributed by atoms with van der Waals surface area (Å²) in [7, 11) is 0. The Morgan fingerprint density at radius 2 is 1.70 bits per heavy atom. The van der Waals surface area contributed by atoms with Crippen LogP contribution in [0.25, 0.3) is 0 Å². The quantitative estimate of drug-likeness (QED) is 0.723. The molecule has 20 heavy (non-hydrogen) atoms. The molecule has 0 N–H and O–H groups in total. The fourth-order valence-corrected chi connectivity index (χ4v) is 5.38. The van der Waals surface area contributed by atoms with E-state index >= 15 is 0 Å². The molecule has 108 valence electrons. The van der Waals surface area contributed by atoms with Gasteiger partial charge in [-0.15, -0.1) is 0 Å². The highest BCUT2D eigenvalue weighted by Crippen LogP contribution is 2.44. The van der Waals surface area contributed by atoms with Gasteiger partial charge in [-0.2, -0.15) is 11.8 Å². The standard InChI is InChI=1S/C18H24OS/c1-12(2)13-6-8-14(9-7-13)18(19)15-10-16-4-3-5-17(11-15)20-16/h6-9,12,15-17H,3-5,10-11H2,1-2H3. The number of hydrogen-bond donors (Lipinski definition) is 0. The minimum absolute atomic E-state index is 0.274. The van der Waals surface area contributed by atoms with Crippen LogP contribution in [0.3, 0.4) is 0 Å². The van der Waals surface area contributed by atoms with Crippen molar-refractivity contribution >= 4 is 17.5 Å². The lowest BCUT2D eigenvalue weighted by atomic mass is 9.84. The predicted octanol–water partition coefficient (Wildman–Crippen LogP) is 5.06. The van der Waals surface area contributed by atoms with Gasteiger partial charge in [0.05, 0.1) is 0 Å². The van der Waals surface area contributed by atoms with Crippen molar-refractivity contribution in [2.24, 2.45) is 5.92 Å². The van der Waals surface area contributed by atoms with Crippen LogP contribution in [0.15, 0.2) is 24.3 Å². The minimum atomic E-state index is 0.274. The van der Waals surface area contributed by atoms with Crippen molar-refractivity contribution < 1.29 is 4.79 Å². The second-order valence-corrected chi connectivity index (χ2v) is 8.23. The summed E-state index contributed by atoms with van der Waals surface area (Å²) >= 11 is 2.14. The Kier molecular flexibility index (Phi) is 4.21. The van der Waals surface area contributed by atoms with Gasteiger partial charge in [0.1, 0.15) is 0 Å². The van der Waals surface area contributed by atoms with Crippen LogP contribution in [-0.2, 0) is 0 Å². The molecule has 3 rings (SSSR count). The summed E-state index contributed by atoms with van der Waals surface area (Å²) in [6.45, 7) is 4.38. The molecular weight excluding hydrogens is 264 g/mol. The van der Waals surface area contributed by atoms with E-state index in [1.54, 1.807) is 0 Å². The summed E-state index contributed by atoms with van der Waals surface area (Å²) in [5, 5.41) is 1.48. The molecule has 2 aliphatic rings. The van der Waals surface area contributed by atoms with E-state index < -0.39 is 0 Å². The lowest BCUT2D eigenvalue weighted by molar-refractivity contribution is 0.0896. The van der Waals surface area contributed by atoms with Gasteiger partial charge < -0.3 is 0 Å². The number of Topliss-reactive ketones (excluding diaryl/α,β-unsaturated/α-hetero) is 1.